The van der Waals surface area contributed by atoms with Gasteiger partial charge in [0, 0.05) is 49.6 Å². The number of rotatable bonds is 3. The van der Waals surface area contributed by atoms with Gasteiger partial charge >= 0.3 is 0 Å². The van der Waals surface area contributed by atoms with Crippen molar-refractivity contribution in [2.24, 2.45) is 7.05 Å². The largest absolute Gasteiger partial charge is 0.366 e. The molecule has 0 atom stereocenters. The number of aromatic nitrogens is 5. The molecule has 1 saturated heterocycles. The van der Waals surface area contributed by atoms with Crippen molar-refractivity contribution in [3.8, 4) is 11.1 Å². The van der Waals surface area contributed by atoms with Gasteiger partial charge < -0.3 is 10.6 Å². The minimum atomic E-state index is -0.483. The third kappa shape index (κ3) is 3.10. The molecule has 4 heterocycles. The Kier molecular flexibility index (Phi) is 4.24. The minimum Gasteiger partial charge on any atom is -0.366 e. The fourth-order valence-electron chi connectivity index (χ4n) is 3.53. The van der Waals surface area contributed by atoms with Crippen LogP contribution in [0.5, 0.6) is 0 Å². The van der Waals surface area contributed by atoms with E-state index in [9.17, 15) is 4.39 Å². The number of nitrogens with two attached hydrogens (primary N) is 1. The summed E-state index contributed by atoms with van der Waals surface area (Å²) in [5.41, 5.74) is 7.52. The summed E-state index contributed by atoms with van der Waals surface area (Å²) < 4.78 is 14.9. The Morgan fingerprint density at radius 1 is 1.15 bits per heavy atom. The average Bonchev–Trinajstić information content (AvgIpc) is 3.01. The van der Waals surface area contributed by atoms with Gasteiger partial charge in [0.25, 0.3) is 0 Å². The first-order valence-electron chi connectivity index (χ1n) is 8.60. The molecule has 7 nitrogen and oxygen atoms in total. The summed E-state index contributed by atoms with van der Waals surface area (Å²) >= 11 is 0. The molecule has 8 heteroatoms. The molecule has 26 heavy (non-hydrogen) atoms. The van der Waals surface area contributed by atoms with Crippen LogP contribution in [0.1, 0.15) is 24.6 Å². The molecule has 2 N–H and O–H groups in total. The molecule has 0 spiro atoms. The van der Waals surface area contributed by atoms with E-state index < -0.39 is 5.95 Å². The van der Waals surface area contributed by atoms with Gasteiger partial charge in [-0.25, -0.2) is 9.97 Å². The molecular weight excluding hydrogens is 333 g/mol. The van der Waals surface area contributed by atoms with Crippen LogP contribution in [-0.2, 0) is 7.05 Å². The van der Waals surface area contributed by atoms with Crippen molar-refractivity contribution in [3.05, 3.63) is 48.4 Å². The summed E-state index contributed by atoms with van der Waals surface area (Å²) in [5, 5.41) is 4.14. The van der Waals surface area contributed by atoms with Crippen molar-refractivity contribution in [1.29, 1.82) is 0 Å². The molecule has 134 valence electrons. The molecular formula is C18H20FN7. The highest BCUT2D eigenvalue weighted by atomic mass is 19.1. The normalized spacial score (nSPS) is 15.4. The van der Waals surface area contributed by atoms with Gasteiger partial charge in [-0.2, -0.15) is 9.37 Å². The van der Waals surface area contributed by atoms with E-state index in [1.54, 1.807) is 23.1 Å². The molecule has 0 unspecified atom stereocenters. The van der Waals surface area contributed by atoms with Gasteiger partial charge in [-0.15, -0.1) is 5.10 Å². The Morgan fingerprint density at radius 2 is 1.96 bits per heavy atom. The Labute approximate surface area is 150 Å². The van der Waals surface area contributed by atoms with E-state index in [0.29, 0.717) is 11.9 Å². The number of halogens is 1. The summed E-state index contributed by atoms with van der Waals surface area (Å²) in [6, 6.07) is 6.98. The summed E-state index contributed by atoms with van der Waals surface area (Å²) in [7, 11) is 1.88. The number of nitrogens with zero attached hydrogens (tertiary/aromatic N) is 6. The Balaban J connectivity index is 1.55. The van der Waals surface area contributed by atoms with Gasteiger partial charge in [-0.1, -0.05) is 0 Å². The first-order valence-corrected chi connectivity index (χ1v) is 8.60. The van der Waals surface area contributed by atoms with Crippen LogP contribution < -0.4 is 10.6 Å². The molecule has 0 radical (unpaired) electrons. The van der Waals surface area contributed by atoms with Crippen LogP contribution in [0.3, 0.4) is 0 Å². The molecule has 0 aliphatic carbocycles. The second-order valence-electron chi connectivity index (χ2n) is 6.46. The molecule has 0 bridgehead atoms. The molecule has 0 amide bonds. The van der Waals surface area contributed by atoms with Crippen molar-refractivity contribution < 1.29 is 4.39 Å². The minimum absolute atomic E-state index is 0.320. The zero-order valence-corrected chi connectivity index (χ0v) is 14.5. The maximum atomic E-state index is 13.1. The van der Waals surface area contributed by atoms with Gasteiger partial charge in [-0.05, 0) is 37.1 Å². The van der Waals surface area contributed by atoms with Crippen LogP contribution in [0.4, 0.5) is 16.2 Å². The van der Waals surface area contributed by atoms with Crippen molar-refractivity contribution in [1.82, 2.24) is 24.7 Å². The van der Waals surface area contributed by atoms with Crippen molar-refractivity contribution in [2.75, 3.05) is 23.7 Å². The SMILES string of the molecule is Cn1nc(N)nc1C1CCN(c2ncccc2-c2ccc(F)nc2)CC1. The highest BCUT2D eigenvalue weighted by Crippen LogP contribution is 2.33. The van der Waals surface area contributed by atoms with E-state index in [1.807, 2.05) is 19.2 Å². The zero-order valence-electron chi connectivity index (χ0n) is 14.5. The van der Waals surface area contributed by atoms with Crippen molar-refractivity contribution >= 4 is 11.8 Å². The molecule has 1 aliphatic rings. The van der Waals surface area contributed by atoms with E-state index in [1.165, 1.54) is 6.07 Å². The van der Waals surface area contributed by atoms with Crippen LogP contribution in [-0.4, -0.2) is 37.8 Å². The molecule has 1 fully saturated rings. The van der Waals surface area contributed by atoms with E-state index in [0.717, 1.165) is 48.7 Å². The molecule has 4 rings (SSSR count). The lowest BCUT2D eigenvalue weighted by Gasteiger charge is -2.33. The number of pyridine rings is 2. The Hall–Kier alpha value is -3.03. The predicted octanol–water partition coefficient (Wildman–Crippen LogP) is 2.38. The van der Waals surface area contributed by atoms with Gasteiger partial charge in [-0.3, -0.25) is 4.68 Å². The summed E-state index contributed by atoms with van der Waals surface area (Å²) in [6.07, 6.45) is 5.23. The maximum Gasteiger partial charge on any atom is 0.239 e. The smallest absolute Gasteiger partial charge is 0.239 e. The predicted molar refractivity (Wildman–Crippen MR) is 97.0 cm³/mol. The van der Waals surface area contributed by atoms with E-state index in [2.05, 4.69) is 25.0 Å². The molecule has 3 aromatic rings. The number of nitrogen functional groups attached to an aromatic ring is 1. The monoisotopic (exact) mass is 353 g/mol. The van der Waals surface area contributed by atoms with Gasteiger partial charge in [0.2, 0.25) is 11.9 Å². The number of piperidine rings is 1. The van der Waals surface area contributed by atoms with Crippen LogP contribution in [0.2, 0.25) is 0 Å². The maximum absolute atomic E-state index is 13.1. The number of hydrogen-bond acceptors (Lipinski definition) is 6. The highest BCUT2D eigenvalue weighted by Gasteiger charge is 2.26. The van der Waals surface area contributed by atoms with Gasteiger partial charge in [0.05, 0.1) is 0 Å². The third-order valence-corrected chi connectivity index (χ3v) is 4.80. The second kappa shape index (κ2) is 6.70. The summed E-state index contributed by atoms with van der Waals surface area (Å²) in [5.74, 6) is 2.01. The Bertz CT molecular complexity index is 898. The Morgan fingerprint density at radius 3 is 2.62 bits per heavy atom. The number of anilines is 2. The molecule has 1 aliphatic heterocycles. The van der Waals surface area contributed by atoms with E-state index >= 15 is 0 Å². The van der Waals surface area contributed by atoms with Crippen LogP contribution in [0.15, 0.2) is 36.7 Å². The molecule has 0 saturated carbocycles. The van der Waals surface area contributed by atoms with Gasteiger partial charge in [0.15, 0.2) is 0 Å². The topological polar surface area (TPSA) is 85.8 Å². The molecule has 0 aromatic carbocycles. The fraction of sp³-hybridized carbons (Fsp3) is 0.333. The zero-order chi connectivity index (χ0) is 18.1. The second-order valence-corrected chi connectivity index (χ2v) is 6.46. The lowest BCUT2D eigenvalue weighted by Crippen LogP contribution is -2.34. The fourth-order valence-corrected chi connectivity index (χ4v) is 3.53. The third-order valence-electron chi connectivity index (χ3n) is 4.80. The van der Waals surface area contributed by atoms with Crippen molar-refractivity contribution in [3.63, 3.8) is 0 Å². The first kappa shape index (κ1) is 16.4. The van der Waals surface area contributed by atoms with Crippen LogP contribution in [0, 0.1) is 5.95 Å². The highest BCUT2D eigenvalue weighted by molar-refractivity contribution is 5.75. The number of hydrogen-bond donors (Lipinski definition) is 1. The van der Waals surface area contributed by atoms with Crippen LogP contribution in [0.25, 0.3) is 11.1 Å². The van der Waals surface area contributed by atoms with E-state index in [-0.39, 0.29) is 0 Å². The van der Waals surface area contributed by atoms with Crippen LogP contribution >= 0.6 is 0 Å². The lowest BCUT2D eigenvalue weighted by molar-refractivity contribution is 0.466. The lowest BCUT2D eigenvalue weighted by atomic mass is 9.95. The average molecular weight is 353 g/mol. The summed E-state index contributed by atoms with van der Waals surface area (Å²) in [6.45, 7) is 1.71. The standard InChI is InChI=1S/C18H20FN7/c1-25-16(23-18(20)24-25)12-6-9-26(10-7-12)17-14(3-2-8-21-17)13-4-5-15(19)22-11-13/h2-5,8,11-12H,6-7,9-10H2,1H3,(H2,20,24). The first-order chi connectivity index (χ1) is 12.6. The summed E-state index contributed by atoms with van der Waals surface area (Å²) in [4.78, 5) is 15.0. The number of aryl methyl sites for hydroxylation is 1. The van der Waals surface area contributed by atoms with Crippen molar-refractivity contribution in [2.45, 2.75) is 18.8 Å². The van der Waals surface area contributed by atoms with Gasteiger partial charge in [0.1, 0.15) is 11.6 Å². The quantitative estimate of drug-likeness (QED) is 0.728. The molecule has 3 aromatic heterocycles. The van der Waals surface area contributed by atoms with E-state index in [4.69, 9.17) is 5.73 Å².